The molecule has 0 aliphatic heterocycles. The zero-order valence-corrected chi connectivity index (χ0v) is 28.0. The Morgan fingerprint density at radius 3 is 2.09 bits per heavy atom. The van der Waals surface area contributed by atoms with E-state index in [0.717, 1.165) is 69.4 Å². The number of rotatable bonds is 10. The highest BCUT2D eigenvalue weighted by atomic mass is 32.1. The fourth-order valence-corrected chi connectivity index (χ4v) is 8.01. The topological polar surface area (TPSA) is 41.6 Å². The van der Waals surface area contributed by atoms with Gasteiger partial charge < -0.3 is 4.57 Å². The van der Waals surface area contributed by atoms with E-state index in [1.807, 2.05) is 6.07 Å². The van der Waals surface area contributed by atoms with Crippen molar-refractivity contribution in [1.29, 1.82) is 5.26 Å². The van der Waals surface area contributed by atoms with Gasteiger partial charge in [-0.25, -0.2) is 4.98 Å². The van der Waals surface area contributed by atoms with Crippen molar-refractivity contribution in [3.8, 4) is 45.4 Å². The van der Waals surface area contributed by atoms with E-state index in [9.17, 15) is 5.26 Å². The molecule has 4 heteroatoms. The Hall–Kier alpha value is -4.59. The summed E-state index contributed by atoms with van der Waals surface area (Å²) < 4.78 is 2.47. The lowest BCUT2D eigenvalue weighted by atomic mass is 9.89. The molecule has 0 N–H and O–H groups in total. The fourth-order valence-electron chi connectivity index (χ4n) is 7.66. The number of hydrogen-bond acceptors (Lipinski definition) is 3. The maximum absolute atomic E-state index is 10.8. The molecule has 1 fully saturated rings. The molecule has 0 saturated heterocycles. The van der Waals surface area contributed by atoms with E-state index in [-0.39, 0.29) is 5.92 Å². The van der Waals surface area contributed by atoms with Crippen LogP contribution in [0.2, 0.25) is 0 Å². The lowest BCUT2D eigenvalue weighted by molar-refractivity contribution is 0.614. The normalized spacial score (nSPS) is 14.0. The predicted molar refractivity (Wildman–Crippen MR) is 199 cm³/mol. The first kappa shape index (κ1) is 31.0. The second-order valence-corrected chi connectivity index (χ2v) is 13.2. The Morgan fingerprint density at radius 1 is 0.809 bits per heavy atom. The highest BCUT2D eigenvalue weighted by Crippen LogP contribution is 2.49. The van der Waals surface area contributed by atoms with Gasteiger partial charge in [0.05, 0.1) is 11.4 Å². The third-order valence-electron chi connectivity index (χ3n) is 9.88. The van der Waals surface area contributed by atoms with Gasteiger partial charge in [-0.3, -0.25) is 0 Å². The van der Waals surface area contributed by atoms with Crippen LogP contribution in [0.25, 0.3) is 50.1 Å². The Morgan fingerprint density at radius 2 is 1.45 bits per heavy atom. The molecular formula is C43H41N3S. The predicted octanol–water partition coefficient (Wildman–Crippen LogP) is 11.8. The van der Waals surface area contributed by atoms with Crippen LogP contribution in [0.3, 0.4) is 0 Å². The van der Waals surface area contributed by atoms with E-state index < -0.39 is 0 Å². The van der Waals surface area contributed by atoms with E-state index in [1.54, 1.807) is 0 Å². The minimum absolute atomic E-state index is 0.175. The summed E-state index contributed by atoms with van der Waals surface area (Å²) in [7, 11) is 0. The molecule has 47 heavy (non-hydrogen) atoms. The first-order valence-corrected chi connectivity index (χ1v) is 17.8. The van der Waals surface area contributed by atoms with Crippen LogP contribution in [0.15, 0.2) is 115 Å². The Kier molecular flexibility index (Phi) is 9.27. The number of fused-ring (bicyclic) bond motifs is 1. The molecule has 7 rings (SSSR count). The Balaban J connectivity index is 1.70. The summed E-state index contributed by atoms with van der Waals surface area (Å²) in [6.45, 7) is 2.26. The van der Waals surface area contributed by atoms with Crippen molar-refractivity contribution in [3.63, 3.8) is 0 Å². The summed E-state index contributed by atoms with van der Waals surface area (Å²) in [6, 6.07) is 43.3. The number of benzene rings is 4. The van der Waals surface area contributed by atoms with Gasteiger partial charge in [0.1, 0.15) is 11.8 Å². The maximum Gasteiger partial charge on any atom is 0.149 e. The maximum atomic E-state index is 10.8. The van der Waals surface area contributed by atoms with Crippen LogP contribution in [-0.4, -0.2) is 15.3 Å². The van der Waals surface area contributed by atoms with Crippen molar-refractivity contribution in [1.82, 2.24) is 9.55 Å². The molecular weight excluding hydrogens is 591 g/mol. The molecule has 1 saturated carbocycles. The van der Waals surface area contributed by atoms with Crippen molar-refractivity contribution in [2.24, 2.45) is 0 Å². The van der Waals surface area contributed by atoms with Gasteiger partial charge in [-0.2, -0.15) is 17.9 Å². The van der Waals surface area contributed by atoms with Gasteiger partial charge >= 0.3 is 0 Å². The SMILES string of the molecule is CCCCC(CS)c1c2c(-c3cccc(C4CCCC4)c3)nc(C#N)c(-c3ccccc3)c2c(-c2ccccc2)n1-c1ccccc1. The molecule has 3 nitrogen and oxygen atoms in total. The van der Waals surface area contributed by atoms with Crippen molar-refractivity contribution in [3.05, 3.63) is 132 Å². The van der Waals surface area contributed by atoms with Crippen LogP contribution in [0, 0.1) is 11.3 Å². The Labute approximate surface area is 284 Å². The number of nitrogens with zero attached hydrogens (tertiary/aromatic N) is 3. The smallest absolute Gasteiger partial charge is 0.149 e. The summed E-state index contributed by atoms with van der Waals surface area (Å²) in [6.07, 6.45) is 8.27. The molecule has 0 radical (unpaired) electrons. The molecule has 6 aromatic rings. The quantitative estimate of drug-likeness (QED) is 0.153. The summed E-state index contributed by atoms with van der Waals surface area (Å²) in [4.78, 5) is 5.33. The monoisotopic (exact) mass is 631 g/mol. The molecule has 1 unspecified atom stereocenters. The number of pyridine rings is 1. The second kappa shape index (κ2) is 14.0. The zero-order chi connectivity index (χ0) is 32.2. The molecule has 1 aliphatic carbocycles. The van der Waals surface area contributed by atoms with Crippen molar-refractivity contribution in [2.75, 3.05) is 5.75 Å². The lowest BCUT2D eigenvalue weighted by Gasteiger charge is -2.21. The van der Waals surface area contributed by atoms with E-state index >= 15 is 0 Å². The highest BCUT2D eigenvalue weighted by Gasteiger charge is 2.31. The molecule has 1 aliphatic rings. The van der Waals surface area contributed by atoms with Gasteiger partial charge in [-0.15, -0.1) is 0 Å². The molecule has 0 amide bonds. The molecule has 1 atom stereocenters. The average Bonchev–Trinajstić information content (AvgIpc) is 3.80. The van der Waals surface area contributed by atoms with Gasteiger partial charge in [0, 0.05) is 39.2 Å². The van der Waals surface area contributed by atoms with Crippen molar-refractivity contribution < 1.29 is 0 Å². The summed E-state index contributed by atoms with van der Waals surface area (Å²) in [5.41, 5.74) is 10.2. The zero-order valence-electron chi connectivity index (χ0n) is 27.1. The van der Waals surface area contributed by atoms with E-state index in [0.29, 0.717) is 17.4 Å². The van der Waals surface area contributed by atoms with Crippen LogP contribution >= 0.6 is 12.6 Å². The molecule has 4 aromatic carbocycles. The van der Waals surface area contributed by atoms with E-state index in [2.05, 4.69) is 127 Å². The third-order valence-corrected chi connectivity index (χ3v) is 10.3. The largest absolute Gasteiger partial charge is 0.312 e. The number of thiol groups is 1. The third kappa shape index (κ3) is 5.90. The number of hydrogen-bond donors (Lipinski definition) is 1. The van der Waals surface area contributed by atoms with E-state index in [4.69, 9.17) is 17.6 Å². The average molecular weight is 632 g/mol. The van der Waals surface area contributed by atoms with Gasteiger partial charge in [-0.05, 0) is 65.8 Å². The van der Waals surface area contributed by atoms with Gasteiger partial charge in [-0.1, -0.05) is 130 Å². The summed E-state index contributed by atoms with van der Waals surface area (Å²) in [5.74, 6) is 1.46. The molecule has 234 valence electrons. The van der Waals surface area contributed by atoms with Crippen molar-refractivity contribution >= 4 is 23.4 Å². The summed E-state index contributed by atoms with van der Waals surface area (Å²) in [5, 5.41) is 13.0. The van der Waals surface area contributed by atoms with Crippen LogP contribution in [0.4, 0.5) is 0 Å². The van der Waals surface area contributed by atoms with Gasteiger partial charge in [0.25, 0.3) is 0 Å². The number of unbranched alkanes of at least 4 members (excludes halogenated alkanes) is 1. The minimum atomic E-state index is 0.175. The van der Waals surface area contributed by atoms with Gasteiger partial charge in [0.2, 0.25) is 0 Å². The van der Waals surface area contributed by atoms with Gasteiger partial charge in [0.15, 0.2) is 0 Å². The summed E-state index contributed by atoms with van der Waals surface area (Å²) >= 11 is 5.03. The number of para-hydroxylation sites is 1. The second-order valence-electron chi connectivity index (χ2n) is 12.8. The van der Waals surface area contributed by atoms with Crippen LogP contribution in [-0.2, 0) is 0 Å². The van der Waals surface area contributed by atoms with Crippen molar-refractivity contribution in [2.45, 2.75) is 63.7 Å². The van der Waals surface area contributed by atoms with Crippen LogP contribution in [0.5, 0.6) is 0 Å². The molecule has 2 heterocycles. The van der Waals surface area contributed by atoms with Crippen LogP contribution < -0.4 is 0 Å². The first-order valence-electron chi connectivity index (χ1n) is 17.1. The fraction of sp³-hybridized carbons (Fsp3) is 0.256. The molecule has 0 spiro atoms. The van der Waals surface area contributed by atoms with Crippen LogP contribution in [0.1, 0.15) is 80.7 Å². The minimum Gasteiger partial charge on any atom is -0.312 e. The molecule has 2 aromatic heterocycles. The Bertz CT molecular complexity index is 2020. The highest BCUT2D eigenvalue weighted by molar-refractivity contribution is 7.80. The molecule has 0 bridgehead atoms. The standard InChI is InChI=1S/C43H41N3S/c1-2-3-16-35(29-47)43-40-39(42(32-21-9-5-10-22-32)46(43)36-25-11-6-12-26-36)38(31-19-7-4-8-20-31)37(28-44)45-41(40)34-24-15-23-33(27-34)30-17-13-14-18-30/h4-12,15,19-27,30,35,47H,2-3,13-14,16-18,29H2,1H3. The number of nitriles is 1. The van der Waals surface area contributed by atoms with E-state index in [1.165, 1.54) is 36.9 Å². The number of aromatic nitrogens is 2. The lowest BCUT2D eigenvalue weighted by Crippen LogP contribution is -2.10. The first-order chi connectivity index (χ1) is 23.2.